The van der Waals surface area contributed by atoms with Crippen molar-refractivity contribution in [3.05, 3.63) is 0 Å². The van der Waals surface area contributed by atoms with Crippen LogP contribution in [0.3, 0.4) is 0 Å². The van der Waals surface area contributed by atoms with Gasteiger partial charge < -0.3 is 20.1 Å². The van der Waals surface area contributed by atoms with Crippen molar-refractivity contribution in [3.8, 4) is 0 Å². The first-order chi connectivity index (χ1) is 9.34. The summed E-state index contributed by atoms with van der Waals surface area (Å²) in [4.78, 5) is 11.6. The van der Waals surface area contributed by atoms with E-state index in [0.29, 0.717) is 25.2 Å². The molecule has 0 aromatic heterocycles. The molecule has 19 heavy (non-hydrogen) atoms. The first-order valence-corrected chi connectivity index (χ1v) is 7.55. The fourth-order valence-electron chi connectivity index (χ4n) is 2.61. The lowest BCUT2D eigenvalue weighted by atomic mass is 10.1. The fraction of sp³-hybridized carbons (Fsp3) is 0.929. The summed E-state index contributed by atoms with van der Waals surface area (Å²) in [6.45, 7) is 4.19. The molecule has 1 unspecified atom stereocenters. The number of ether oxygens (including phenoxy) is 2. The predicted molar refractivity (Wildman–Crippen MR) is 73.1 cm³/mol. The minimum Gasteiger partial charge on any atom is -0.378 e. The van der Waals surface area contributed by atoms with Crippen molar-refractivity contribution in [2.45, 2.75) is 50.7 Å². The van der Waals surface area contributed by atoms with Gasteiger partial charge in [-0.3, -0.25) is 4.79 Å². The van der Waals surface area contributed by atoms with Gasteiger partial charge in [-0.15, -0.1) is 0 Å². The molecule has 2 rings (SSSR count). The van der Waals surface area contributed by atoms with Crippen LogP contribution in [0.4, 0.5) is 0 Å². The summed E-state index contributed by atoms with van der Waals surface area (Å²) in [5, 5.41) is 6.23. The molecule has 5 heteroatoms. The molecule has 0 spiro atoms. The SMILES string of the molecule is O=C(CCOC1CCNCC1)NCCC1CCCO1. The number of piperidine rings is 1. The standard InChI is InChI=1S/C14H26N2O3/c17-14(16-9-5-12-2-1-10-18-12)6-11-19-13-3-7-15-8-4-13/h12-13,15H,1-11H2,(H,16,17). The maximum Gasteiger partial charge on any atom is 0.222 e. The Labute approximate surface area is 115 Å². The molecule has 2 fully saturated rings. The number of amides is 1. The number of hydrogen-bond acceptors (Lipinski definition) is 4. The molecule has 2 aliphatic rings. The lowest BCUT2D eigenvalue weighted by Gasteiger charge is -2.22. The molecule has 1 atom stereocenters. The minimum absolute atomic E-state index is 0.0898. The number of rotatable bonds is 7. The highest BCUT2D eigenvalue weighted by atomic mass is 16.5. The van der Waals surface area contributed by atoms with E-state index in [9.17, 15) is 4.79 Å². The molecule has 110 valence electrons. The van der Waals surface area contributed by atoms with Gasteiger partial charge in [0, 0.05) is 19.6 Å². The van der Waals surface area contributed by atoms with Gasteiger partial charge in [0.1, 0.15) is 0 Å². The number of hydrogen-bond donors (Lipinski definition) is 2. The monoisotopic (exact) mass is 270 g/mol. The van der Waals surface area contributed by atoms with Crippen LogP contribution in [-0.2, 0) is 14.3 Å². The highest BCUT2D eigenvalue weighted by molar-refractivity contribution is 5.75. The Morgan fingerprint density at radius 3 is 2.89 bits per heavy atom. The van der Waals surface area contributed by atoms with Crippen LogP contribution in [0.25, 0.3) is 0 Å². The van der Waals surface area contributed by atoms with Crippen molar-refractivity contribution in [2.75, 3.05) is 32.8 Å². The van der Waals surface area contributed by atoms with Crippen molar-refractivity contribution >= 4 is 5.91 Å². The largest absolute Gasteiger partial charge is 0.378 e. The number of nitrogens with one attached hydrogen (secondary N) is 2. The van der Waals surface area contributed by atoms with Gasteiger partial charge in [-0.05, 0) is 45.2 Å². The van der Waals surface area contributed by atoms with E-state index in [1.807, 2.05) is 0 Å². The second-order valence-electron chi connectivity index (χ2n) is 5.34. The third-order valence-electron chi connectivity index (χ3n) is 3.78. The van der Waals surface area contributed by atoms with Gasteiger partial charge >= 0.3 is 0 Å². The molecule has 2 N–H and O–H groups in total. The Balaban J connectivity index is 1.44. The molecular formula is C14H26N2O3. The summed E-state index contributed by atoms with van der Waals surface area (Å²) in [6.07, 6.45) is 6.49. The average Bonchev–Trinajstić information content (AvgIpc) is 2.93. The van der Waals surface area contributed by atoms with Crippen molar-refractivity contribution in [3.63, 3.8) is 0 Å². The van der Waals surface area contributed by atoms with Gasteiger partial charge in [-0.1, -0.05) is 0 Å². The lowest BCUT2D eigenvalue weighted by Crippen LogP contribution is -2.33. The van der Waals surface area contributed by atoms with Crippen LogP contribution >= 0.6 is 0 Å². The Morgan fingerprint density at radius 1 is 1.32 bits per heavy atom. The van der Waals surface area contributed by atoms with Crippen molar-refractivity contribution < 1.29 is 14.3 Å². The van der Waals surface area contributed by atoms with Gasteiger partial charge in [0.25, 0.3) is 0 Å². The van der Waals surface area contributed by atoms with Gasteiger partial charge in [0.2, 0.25) is 5.91 Å². The maximum absolute atomic E-state index is 11.6. The maximum atomic E-state index is 11.6. The van der Waals surface area contributed by atoms with E-state index in [1.54, 1.807) is 0 Å². The third-order valence-corrected chi connectivity index (χ3v) is 3.78. The molecule has 2 aliphatic heterocycles. The van der Waals surface area contributed by atoms with E-state index in [1.165, 1.54) is 0 Å². The van der Waals surface area contributed by atoms with Crippen LogP contribution in [-0.4, -0.2) is 51.0 Å². The normalized spacial score (nSPS) is 24.5. The summed E-state index contributed by atoms with van der Waals surface area (Å²) < 4.78 is 11.2. The van der Waals surface area contributed by atoms with E-state index >= 15 is 0 Å². The molecule has 1 amide bonds. The smallest absolute Gasteiger partial charge is 0.222 e. The molecule has 0 aromatic carbocycles. The third kappa shape index (κ3) is 5.89. The Morgan fingerprint density at radius 2 is 2.16 bits per heavy atom. The summed E-state index contributed by atoms with van der Waals surface area (Å²) in [5.41, 5.74) is 0. The lowest BCUT2D eigenvalue weighted by molar-refractivity contribution is -0.122. The molecule has 5 nitrogen and oxygen atoms in total. The fourth-order valence-corrected chi connectivity index (χ4v) is 2.61. The summed E-state index contributed by atoms with van der Waals surface area (Å²) >= 11 is 0. The Kier molecular flexibility index (Phi) is 6.61. The van der Waals surface area contributed by atoms with Gasteiger partial charge in [0.05, 0.1) is 18.8 Å². The predicted octanol–water partition coefficient (Wildman–Crippen LogP) is 0.830. The van der Waals surface area contributed by atoms with Gasteiger partial charge in [0.15, 0.2) is 0 Å². The van der Waals surface area contributed by atoms with Crippen LogP contribution < -0.4 is 10.6 Å². The highest BCUT2D eigenvalue weighted by Gasteiger charge is 2.16. The molecule has 2 heterocycles. The first kappa shape index (κ1) is 14.8. The minimum atomic E-state index is 0.0898. The first-order valence-electron chi connectivity index (χ1n) is 7.55. The summed E-state index contributed by atoms with van der Waals surface area (Å²) in [6, 6.07) is 0. The summed E-state index contributed by atoms with van der Waals surface area (Å²) in [5.74, 6) is 0.0898. The summed E-state index contributed by atoms with van der Waals surface area (Å²) in [7, 11) is 0. The van der Waals surface area contributed by atoms with Crippen LogP contribution in [0.2, 0.25) is 0 Å². The molecule has 0 radical (unpaired) electrons. The van der Waals surface area contributed by atoms with E-state index in [2.05, 4.69) is 10.6 Å². The van der Waals surface area contributed by atoms with Crippen LogP contribution in [0.15, 0.2) is 0 Å². The average molecular weight is 270 g/mol. The molecule has 0 aliphatic carbocycles. The van der Waals surface area contributed by atoms with E-state index in [4.69, 9.17) is 9.47 Å². The van der Waals surface area contributed by atoms with Crippen molar-refractivity contribution in [2.24, 2.45) is 0 Å². The second kappa shape index (κ2) is 8.51. The molecule has 0 aromatic rings. The van der Waals surface area contributed by atoms with Crippen LogP contribution in [0.5, 0.6) is 0 Å². The second-order valence-corrected chi connectivity index (χ2v) is 5.34. The molecular weight excluding hydrogens is 244 g/mol. The topological polar surface area (TPSA) is 59.6 Å². The number of carbonyl (C=O) groups excluding carboxylic acids is 1. The highest BCUT2D eigenvalue weighted by Crippen LogP contribution is 2.14. The van der Waals surface area contributed by atoms with Crippen LogP contribution in [0, 0.1) is 0 Å². The van der Waals surface area contributed by atoms with E-state index in [0.717, 1.165) is 58.3 Å². The zero-order chi connectivity index (χ0) is 13.3. The Hall–Kier alpha value is -0.650. The van der Waals surface area contributed by atoms with E-state index < -0.39 is 0 Å². The zero-order valence-electron chi connectivity index (χ0n) is 11.7. The number of carbonyl (C=O) groups is 1. The zero-order valence-corrected chi connectivity index (χ0v) is 11.7. The Bertz CT molecular complexity index is 261. The van der Waals surface area contributed by atoms with Gasteiger partial charge in [-0.25, -0.2) is 0 Å². The van der Waals surface area contributed by atoms with E-state index in [-0.39, 0.29) is 5.91 Å². The van der Waals surface area contributed by atoms with Crippen molar-refractivity contribution in [1.82, 2.24) is 10.6 Å². The molecule has 2 saturated heterocycles. The molecule has 0 bridgehead atoms. The van der Waals surface area contributed by atoms with Crippen LogP contribution in [0.1, 0.15) is 38.5 Å². The van der Waals surface area contributed by atoms with Crippen molar-refractivity contribution in [1.29, 1.82) is 0 Å². The quantitative estimate of drug-likeness (QED) is 0.719. The van der Waals surface area contributed by atoms with Gasteiger partial charge in [-0.2, -0.15) is 0 Å². The molecule has 0 saturated carbocycles.